The van der Waals surface area contributed by atoms with Gasteiger partial charge in [0.2, 0.25) is 5.91 Å². The number of rotatable bonds is 8. The third-order valence-electron chi connectivity index (χ3n) is 4.21. The SMILES string of the molecule is CCCCCn1c(S[C@@H](C(=O)NC(N)=O)C(C)C)nc2cc(Cl)ccc2c1=O. The van der Waals surface area contributed by atoms with Crippen LogP contribution in [0.15, 0.2) is 28.2 Å². The number of fused-ring (bicyclic) bond motifs is 1. The molecule has 9 heteroatoms. The Kier molecular flexibility index (Phi) is 7.88. The Bertz CT molecular complexity index is 929. The van der Waals surface area contributed by atoms with Gasteiger partial charge in [-0.25, -0.2) is 9.78 Å². The molecule has 0 saturated carbocycles. The highest BCUT2D eigenvalue weighted by molar-refractivity contribution is 8.00. The first-order valence-electron chi connectivity index (χ1n) is 9.21. The molecule has 0 fully saturated rings. The number of thioether (sulfide) groups is 1. The van der Waals surface area contributed by atoms with Gasteiger partial charge in [0.25, 0.3) is 5.56 Å². The summed E-state index contributed by atoms with van der Waals surface area (Å²) in [6.07, 6.45) is 2.82. The number of urea groups is 1. The smallest absolute Gasteiger partial charge is 0.318 e. The maximum Gasteiger partial charge on any atom is 0.318 e. The summed E-state index contributed by atoms with van der Waals surface area (Å²) >= 11 is 7.21. The fourth-order valence-corrected chi connectivity index (χ4v) is 4.06. The molecule has 0 spiro atoms. The van der Waals surface area contributed by atoms with Crippen molar-refractivity contribution in [2.45, 2.75) is 57.0 Å². The zero-order valence-electron chi connectivity index (χ0n) is 16.2. The summed E-state index contributed by atoms with van der Waals surface area (Å²) < 4.78 is 1.60. The van der Waals surface area contributed by atoms with Crippen molar-refractivity contribution in [3.05, 3.63) is 33.6 Å². The molecule has 3 amide bonds. The lowest BCUT2D eigenvalue weighted by Gasteiger charge is -2.21. The maximum absolute atomic E-state index is 13.0. The summed E-state index contributed by atoms with van der Waals surface area (Å²) in [5, 5.41) is 2.87. The predicted molar refractivity (Wildman–Crippen MR) is 113 cm³/mol. The number of primary amides is 1. The fraction of sp³-hybridized carbons (Fsp3) is 0.474. The molecule has 0 aliphatic heterocycles. The zero-order chi connectivity index (χ0) is 20.8. The van der Waals surface area contributed by atoms with E-state index in [4.69, 9.17) is 17.3 Å². The van der Waals surface area contributed by atoms with Gasteiger partial charge in [0.05, 0.1) is 16.2 Å². The normalized spacial score (nSPS) is 12.3. The highest BCUT2D eigenvalue weighted by atomic mass is 35.5. The first-order chi connectivity index (χ1) is 13.2. The molecule has 7 nitrogen and oxygen atoms in total. The Labute approximate surface area is 173 Å². The van der Waals surface area contributed by atoms with Crippen molar-refractivity contribution >= 4 is 46.2 Å². The lowest BCUT2D eigenvalue weighted by molar-refractivity contribution is -0.120. The maximum atomic E-state index is 13.0. The predicted octanol–water partition coefficient (Wildman–Crippen LogP) is 3.55. The van der Waals surface area contributed by atoms with E-state index in [1.807, 2.05) is 13.8 Å². The van der Waals surface area contributed by atoms with Gasteiger partial charge in [-0.15, -0.1) is 0 Å². The van der Waals surface area contributed by atoms with Gasteiger partial charge in [-0.3, -0.25) is 19.5 Å². The Morgan fingerprint density at radius 1 is 1.32 bits per heavy atom. The third kappa shape index (κ3) is 5.48. The summed E-state index contributed by atoms with van der Waals surface area (Å²) in [7, 11) is 0. The summed E-state index contributed by atoms with van der Waals surface area (Å²) in [5.74, 6) is -0.617. The Balaban J connectivity index is 2.51. The number of hydrogen-bond acceptors (Lipinski definition) is 5. The lowest BCUT2D eigenvalue weighted by atomic mass is 10.1. The molecule has 0 aliphatic rings. The van der Waals surface area contributed by atoms with Crippen LogP contribution >= 0.6 is 23.4 Å². The van der Waals surface area contributed by atoms with Crippen molar-refractivity contribution in [1.29, 1.82) is 0 Å². The molecular weight excluding hydrogens is 400 g/mol. The molecule has 3 N–H and O–H groups in total. The number of carbonyl (C=O) groups is 2. The first-order valence-corrected chi connectivity index (χ1v) is 10.5. The molecule has 0 saturated heterocycles. The number of benzene rings is 1. The van der Waals surface area contributed by atoms with Crippen LogP contribution in [-0.2, 0) is 11.3 Å². The molecule has 28 heavy (non-hydrogen) atoms. The average molecular weight is 425 g/mol. The van der Waals surface area contributed by atoms with Gasteiger partial charge in [0, 0.05) is 11.6 Å². The zero-order valence-corrected chi connectivity index (χ0v) is 17.8. The van der Waals surface area contributed by atoms with Crippen LogP contribution in [0.1, 0.15) is 40.0 Å². The fourth-order valence-electron chi connectivity index (χ4n) is 2.78. The van der Waals surface area contributed by atoms with Crippen LogP contribution < -0.4 is 16.6 Å². The third-order valence-corrected chi connectivity index (χ3v) is 5.98. The van der Waals surface area contributed by atoms with E-state index < -0.39 is 17.2 Å². The number of unbranched alkanes of at least 4 members (excludes halogenated alkanes) is 2. The summed E-state index contributed by atoms with van der Waals surface area (Å²) in [5.41, 5.74) is 5.39. The van der Waals surface area contributed by atoms with E-state index in [1.54, 1.807) is 22.8 Å². The lowest BCUT2D eigenvalue weighted by Crippen LogP contribution is -2.42. The number of imide groups is 1. The van der Waals surface area contributed by atoms with E-state index in [1.165, 1.54) is 0 Å². The summed E-state index contributed by atoms with van der Waals surface area (Å²) in [6, 6.07) is 4.05. The van der Waals surface area contributed by atoms with E-state index in [0.29, 0.717) is 27.6 Å². The molecule has 0 bridgehead atoms. The van der Waals surface area contributed by atoms with Gasteiger partial charge in [0.15, 0.2) is 5.16 Å². The quantitative estimate of drug-likeness (QED) is 0.382. The van der Waals surface area contributed by atoms with Crippen LogP contribution in [0.3, 0.4) is 0 Å². The van der Waals surface area contributed by atoms with Crippen molar-refractivity contribution in [3.63, 3.8) is 0 Å². The van der Waals surface area contributed by atoms with E-state index in [2.05, 4.69) is 17.2 Å². The topological polar surface area (TPSA) is 107 Å². The minimum atomic E-state index is -0.908. The highest BCUT2D eigenvalue weighted by Crippen LogP contribution is 2.28. The number of amides is 3. The summed E-state index contributed by atoms with van der Waals surface area (Å²) in [6.45, 7) is 6.30. The molecule has 2 aromatic rings. The first kappa shape index (κ1) is 22.2. The number of hydrogen-bond donors (Lipinski definition) is 2. The second-order valence-corrected chi connectivity index (χ2v) is 8.40. The molecule has 152 valence electrons. The van der Waals surface area contributed by atoms with Gasteiger partial charge in [0.1, 0.15) is 0 Å². The molecule has 0 radical (unpaired) electrons. The Morgan fingerprint density at radius 2 is 2.04 bits per heavy atom. The Hall–Kier alpha value is -2.06. The monoisotopic (exact) mass is 424 g/mol. The van der Waals surface area contributed by atoms with Gasteiger partial charge < -0.3 is 5.73 Å². The molecule has 0 unspecified atom stereocenters. The number of carbonyl (C=O) groups excluding carboxylic acids is 2. The number of nitrogens with zero attached hydrogens (tertiary/aromatic N) is 2. The number of nitrogens with two attached hydrogens (primary N) is 1. The molecule has 1 aromatic heterocycles. The van der Waals surface area contributed by atoms with Gasteiger partial charge in [-0.2, -0.15) is 0 Å². The molecular formula is C19H25ClN4O3S. The van der Waals surface area contributed by atoms with Crippen LogP contribution in [0, 0.1) is 5.92 Å². The van der Waals surface area contributed by atoms with Gasteiger partial charge in [-0.1, -0.05) is 57.0 Å². The highest BCUT2D eigenvalue weighted by Gasteiger charge is 2.27. The van der Waals surface area contributed by atoms with E-state index in [-0.39, 0.29) is 11.5 Å². The number of halogens is 1. The molecule has 1 atom stereocenters. The largest absolute Gasteiger partial charge is 0.351 e. The minimum absolute atomic E-state index is 0.111. The molecule has 0 aliphatic carbocycles. The van der Waals surface area contributed by atoms with Gasteiger partial charge >= 0.3 is 6.03 Å². The molecule has 2 rings (SSSR count). The second-order valence-electron chi connectivity index (χ2n) is 6.86. The van der Waals surface area contributed by atoms with Crippen molar-refractivity contribution in [3.8, 4) is 0 Å². The van der Waals surface area contributed by atoms with Crippen LogP contribution in [0.2, 0.25) is 5.02 Å². The van der Waals surface area contributed by atoms with Crippen LogP contribution in [0.4, 0.5) is 4.79 Å². The van der Waals surface area contributed by atoms with Crippen molar-refractivity contribution in [1.82, 2.24) is 14.9 Å². The standard InChI is InChI=1S/C19H25ClN4O3S/c1-4-5-6-9-24-17(26)13-8-7-12(20)10-14(13)22-19(24)28-15(11(2)3)16(25)23-18(21)27/h7-8,10-11,15H,4-6,9H2,1-3H3,(H3,21,23,25,27)/t15-/m1/s1. The Morgan fingerprint density at radius 3 is 2.64 bits per heavy atom. The summed E-state index contributed by atoms with van der Waals surface area (Å²) in [4.78, 5) is 41.1. The van der Waals surface area contributed by atoms with E-state index in [9.17, 15) is 14.4 Å². The van der Waals surface area contributed by atoms with Crippen molar-refractivity contribution < 1.29 is 9.59 Å². The molecule has 1 aromatic carbocycles. The van der Waals surface area contributed by atoms with Crippen LogP contribution in [0.5, 0.6) is 0 Å². The minimum Gasteiger partial charge on any atom is -0.351 e. The van der Waals surface area contributed by atoms with Crippen LogP contribution in [-0.4, -0.2) is 26.7 Å². The van der Waals surface area contributed by atoms with Crippen LogP contribution in [0.25, 0.3) is 10.9 Å². The molecule has 1 heterocycles. The van der Waals surface area contributed by atoms with Crippen molar-refractivity contribution in [2.24, 2.45) is 11.7 Å². The van der Waals surface area contributed by atoms with Gasteiger partial charge in [-0.05, 0) is 30.5 Å². The second kappa shape index (κ2) is 9.93. The van der Waals surface area contributed by atoms with Crippen molar-refractivity contribution in [2.75, 3.05) is 0 Å². The average Bonchev–Trinajstić information content (AvgIpc) is 2.60. The number of aromatic nitrogens is 2. The number of nitrogens with one attached hydrogen (secondary N) is 1. The van der Waals surface area contributed by atoms with E-state index >= 15 is 0 Å². The van der Waals surface area contributed by atoms with E-state index in [0.717, 1.165) is 31.0 Å².